The molecule has 0 unspecified atom stereocenters. The number of rotatable bonds is 3. The fourth-order valence-electron chi connectivity index (χ4n) is 2.89. The van der Waals surface area contributed by atoms with Crippen molar-refractivity contribution in [3.8, 4) is 11.5 Å². The van der Waals surface area contributed by atoms with Gasteiger partial charge in [-0.05, 0) is 30.5 Å². The minimum Gasteiger partial charge on any atom is -0.504 e. The van der Waals surface area contributed by atoms with E-state index in [4.69, 9.17) is 16.3 Å². The number of methoxy groups -OCH3 is 1. The second-order valence-electron chi connectivity index (χ2n) is 5.27. The monoisotopic (exact) mass is 303 g/mol. The number of halogens is 1. The van der Waals surface area contributed by atoms with Gasteiger partial charge in [-0.3, -0.25) is 0 Å². The third-order valence-electron chi connectivity index (χ3n) is 3.91. The predicted molar refractivity (Wildman–Crippen MR) is 85.5 cm³/mol. The normalized spacial score (nSPS) is 13.9. The fourth-order valence-corrected chi connectivity index (χ4v) is 3.12. The van der Waals surface area contributed by atoms with Crippen molar-refractivity contribution in [1.29, 1.82) is 0 Å². The summed E-state index contributed by atoms with van der Waals surface area (Å²) in [4.78, 5) is 2.28. The van der Waals surface area contributed by atoms with Gasteiger partial charge in [0.25, 0.3) is 0 Å². The Morgan fingerprint density at radius 2 is 2.10 bits per heavy atom. The Bertz CT molecular complexity index is 657. The Morgan fingerprint density at radius 1 is 1.29 bits per heavy atom. The SMILES string of the molecule is COc1cc(Cl)cc(CN2CCCc3ccccc32)c1O. The molecule has 1 aliphatic heterocycles. The maximum atomic E-state index is 10.3. The fraction of sp³-hybridized carbons (Fsp3) is 0.294. The summed E-state index contributed by atoms with van der Waals surface area (Å²) in [5, 5.41) is 10.9. The number of ether oxygens (including phenoxy) is 1. The van der Waals surface area contributed by atoms with Crippen molar-refractivity contribution >= 4 is 17.3 Å². The number of aromatic hydroxyl groups is 1. The summed E-state index contributed by atoms with van der Waals surface area (Å²) in [5.74, 6) is 0.591. The lowest BCUT2D eigenvalue weighted by Gasteiger charge is -2.31. The van der Waals surface area contributed by atoms with Crippen LogP contribution in [0.2, 0.25) is 5.02 Å². The number of fused-ring (bicyclic) bond motifs is 1. The van der Waals surface area contributed by atoms with Crippen molar-refractivity contribution in [2.75, 3.05) is 18.6 Å². The molecule has 110 valence electrons. The topological polar surface area (TPSA) is 32.7 Å². The van der Waals surface area contributed by atoms with E-state index < -0.39 is 0 Å². The first-order chi connectivity index (χ1) is 10.2. The number of nitrogens with zero attached hydrogens (tertiary/aromatic N) is 1. The van der Waals surface area contributed by atoms with Gasteiger partial charge in [0.15, 0.2) is 11.5 Å². The average molecular weight is 304 g/mol. The molecule has 0 aromatic heterocycles. The number of hydrogen-bond donors (Lipinski definition) is 1. The summed E-state index contributed by atoms with van der Waals surface area (Å²) in [6.45, 7) is 1.60. The minimum atomic E-state index is 0.171. The molecule has 1 aliphatic rings. The highest BCUT2D eigenvalue weighted by Crippen LogP contribution is 2.36. The quantitative estimate of drug-likeness (QED) is 0.930. The van der Waals surface area contributed by atoms with Gasteiger partial charge < -0.3 is 14.7 Å². The Morgan fingerprint density at radius 3 is 2.90 bits per heavy atom. The molecule has 3 rings (SSSR count). The molecule has 1 heterocycles. The van der Waals surface area contributed by atoms with Crippen LogP contribution in [-0.2, 0) is 13.0 Å². The third-order valence-corrected chi connectivity index (χ3v) is 4.12. The zero-order chi connectivity index (χ0) is 14.8. The lowest BCUT2D eigenvalue weighted by molar-refractivity contribution is 0.370. The molecular formula is C17H18ClNO2. The van der Waals surface area contributed by atoms with Gasteiger partial charge in [0.2, 0.25) is 0 Å². The number of benzene rings is 2. The summed E-state index contributed by atoms with van der Waals surface area (Å²) in [7, 11) is 1.53. The molecule has 0 saturated carbocycles. The zero-order valence-electron chi connectivity index (χ0n) is 12.0. The smallest absolute Gasteiger partial charge is 0.162 e. The lowest BCUT2D eigenvalue weighted by Crippen LogP contribution is -2.28. The van der Waals surface area contributed by atoms with E-state index in [1.165, 1.54) is 18.4 Å². The summed E-state index contributed by atoms with van der Waals surface area (Å²) >= 11 is 6.11. The molecular weight excluding hydrogens is 286 g/mol. The van der Waals surface area contributed by atoms with Crippen molar-refractivity contribution in [2.45, 2.75) is 19.4 Å². The van der Waals surface area contributed by atoms with E-state index in [2.05, 4.69) is 29.2 Å². The van der Waals surface area contributed by atoms with Crippen LogP contribution in [-0.4, -0.2) is 18.8 Å². The van der Waals surface area contributed by atoms with Gasteiger partial charge in [0.1, 0.15) is 0 Å². The van der Waals surface area contributed by atoms with E-state index in [1.807, 2.05) is 0 Å². The van der Waals surface area contributed by atoms with E-state index in [9.17, 15) is 5.11 Å². The summed E-state index contributed by atoms with van der Waals surface area (Å²) in [6.07, 6.45) is 2.23. The standard InChI is InChI=1S/C17H18ClNO2/c1-21-16-10-14(18)9-13(17(16)20)11-19-8-4-6-12-5-2-3-7-15(12)19/h2-3,5,7,9-10,20H,4,6,8,11H2,1H3. The first-order valence-electron chi connectivity index (χ1n) is 7.07. The van der Waals surface area contributed by atoms with E-state index in [1.54, 1.807) is 12.1 Å². The highest BCUT2D eigenvalue weighted by molar-refractivity contribution is 6.30. The first-order valence-corrected chi connectivity index (χ1v) is 7.45. The molecule has 0 spiro atoms. The van der Waals surface area contributed by atoms with Gasteiger partial charge in [0.05, 0.1) is 7.11 Å². The highest BCUT2D eigenvalue weighted by atomic mass is 35.5. The molecule has 0 amide bonds. The van der Waals surface area contributed by atoms with E-state index in [0.717, 1.165) is 24.9 Å². The summed E-state index contributed by atoms with van der Waals surface area (Å²) in [6, 6.07) is 11.9. The lowest BCUT2D eigenvalue weighted by atomic mass is 10.0. The number of aryl methyl sites for hydroxylation is 1. The van der Waals surface area contributed by atoms with Crippen molar-refractivity contribution < 1.29 is 9.84 Å². The van der Waals surface area contributed by atoms with Crippen LogP contribution in [0.4, 0.5) is 5.69 Å². The van der Waals surface area contributed by atoms with Crippen LogP contribution < -0.4 is 9.64 Å². The van der Waals surface area contributed by atoms with E-state index >= 15 is 0 Å². The number of phenolic OH excluding ortho intramolecular Hbond substituents is 1. The second kappa shape index (κ2) is 5.86. The number of anilines is 1. The molecule has 2 aromatic carbocycles. The number of para-hydroxylation sites is 1. The third kappa shape index (κ3) is 2.79. The molecule has 0 fully saturated rings. The summed E-state index contributed by atoms with van der Waals surface area (Å²) in [5.41, 5.74) is 3.38. The molecule has 0 atom stereocenters. The van der Waals surface area contributed by atoms with Gasteiger partial charge in [-0.25, -0.2) is 0 Å². The molecule has 0 aliphatic carbocycles. The van der Waals surface area contributed by atoms with Crippen LogP contribution >= 0.6 is 11.6 Å². The second-order valence-corrected chi connectivity index (χ2v) is 5.71. The Kier molecular flexibility index (Phi) is 3.93. The van der Waals surface area contributed by atoms with Gasteiger partial charge >= 0.3 is 0 Å². The highest BCUT2D eigenvalue weighted by Gasteiger charge is 2.19. The number of hydrogen-bond acceptors (Lipinski definition) is 3. The van der Waals surface area contributed by atoms with Gasteiger partial charge in [0, 0.05) is 35.4 Å². The van der Waals surface area contributed by atoms with Gasteiger partial charge in [-0.1, -0.05) is 29.8 Å². The molecule has 21 heavy (non-hydrogen) atoms. The van der Waals surface area contributed by atoms with Gasteiger partial charge in [-0.2, -0.15) is 0 Å². The Balaban J connectivity index is 1.93. The predicted octanol–water partition coefficient (Wildman–Crippen LogP) is 4.01. The van der Waals surface area contributed by atoms with Crippen molar-refractivity contribution in [3.63, 3.8) is 0 Å². The zero-order valence-corrected chi connectivity index (χ0v) is 12.7. The van der Waals surface area contributed by atoms with Crippen LogP contribution in [0.5, 0.6) is 11.5 Å². The van der Waals surface area contributed by atoms with Crippen LogP contribution in [0.25, 0.3) is 0 Å². The average Bonchev–Trinajstić information content (AvgIpc) is 2.51. The summed E-state index contributed by atoms with van der Waals surface area (Å²) < 4.78 is 5.17. The number of phenols is 1. The molecule has 4 heteroatoms. The molecule has 0 bridgehead atoms. The first kappa shape index (κ1) is 14.1. The molecule has 0 saturated heterocycles. The van der Waals surface area contributed by atoms with E-state index in [0.29, 0.717) is 17.3 Å². The maximum absolute atomic E-state index is 10.3. The van der Waals surface area contributed by atoms with Crippen molar-refractivity contribution in [1.82, 2.24) is 0 Å². The van der Waals surface area contributed by atoms with Crippen LogP contribution in [0.3, 0.4) is 0 Å². The minimum absolute atomic E-state index is 0.171. The largest absolute Gasteiger partial charge is 0.504 e. The van der Waals surface area contributed by atoms with Gasteiger partial charge in [-0.15, -0.1) is 0 Å². The molecule has 0 radical (unpaired) electrons. The Labute approximate surface area is 129 Å². The van der Waals surface area contributed by atoms with Crippen LogP contribution in [0.15, 0.2) is 36.4 Å². The Hall–Kier alpha value is -1.87. The molecule has 1 N–H and O–H groups in total. The van der Waals surface area contributed by atoms with Crippen LogP contribution in [0.1, 0.15) is 17.5 Å². The van der Waals surface area contributed by atoms with Crippen molar-refractivity contribution in [3.05, 3.63) is 52.5 Å². The molecule has 3 nitrogen and oxygen atoms in total. The van der Waals surface area contributed by atoms with E-state index in [-0.39, 0.29) is 5.75 Å². The maximum Gasteiger partial charge on any atom is 0.162 e. The molecule has 2 aromatic rings. The van der Waals surface area contributed by atoms with Crippen LogP contribution in [0, 0.1) is 0 Å². The van der Waals surface area contributed by atoms with Crippen molar-refractivity contribution in [2.24, 2.45) is 0 Å².